The molecule has 3 aromatic rings. The van der Waals surface area contributed by atoms with E-state index < -0.39 is 5.97 Å². The van der Waals surface area contributed by atoms with Crippen molar-refractivity contribution in [3.05, 3.63) is 40.4 Å². The minimum atomic E-state index is -0.956. The van der Waals surface area contributed by atoms with Crippen LogP contribution in [0.4, 0.5) is 5.13 Å². The number of carboxylic acid groups (broad SMARTS) is 1. The highest BCUT2D eigenvalue weighted by Gasteiger charge is 2.31. The second kappa shape index (κ2) is 6.82. The van der Waals surface area contributed by atoms with Crippen LogP contribution >= 0.6 is 22.9 Å². The summed E-state index contributed by atoms with van der Waals surface area (Å²) in [6.07, 6.45) is 0.678. The highest BCUT2D eigenvalue weighted by Crippen LogP contribution is 2.32. The van der Waals surface area contributed by atoms with Crippen LogP contribution in [0.5, 0.6) is 0 Å². The van der Waals surface area contributed by atoms with Gasteiger partial charge in [-0.1, -0.05) is 29.9 Å². The fourth-order valence-electron chi connectivity index (χ4n) is 2.89. The number of hydrogen-bond acceptors (Lipinski definition) is 6. The largest absolute Gasteiger partial charge is 0.478 e. The van der Waals surface area contributed by atoms with Gasteiger partial charge in [-0.15, -0.1) is 0 Å². The van der Waals surface area contributed by atoms with Gasteiger partial charge in [0.2, 0.25) is 0 Å². The first-order valence-electron chi connectivity index (χ1n) is 8.38. The van der Waals surface area contributed by atoms with E-state index in [2.05, 4.69) is 20.3 Å². The molecular formula is C17H16ClN5O3S. The molecule has 0 atom stereocenters. The quantitative estimate of drug-likeness (QED) is 0.601. The summed E-state index contributed by atoms with van der Waals surface area (Å²) in [6.45, 7) is 3.20. The molecule has 0 radical (unpaired) electrons. The molecule has 27 heavy (non-hydrogen) atoms. The van der Waals surface area contributed by atoms with Crippen LogP contribution in [0.2, 0.25) is 5.15 Å². The summed E-state index contributed by atoms with van der Waals surface area (Å²) in [5.74, 6) is -1.02. The number of H-pyrrole nitrogens is 1. The maximum atomic E-state index is 12.3. The van der Waals surface area contributed by atoms with Gasteiger partial charge in [0.15, 0.2) is 16.1 Å². The van der Waals surface area contributed by atoms with Gasteiger partial charge in [-0.25, -0.2) is 14.8 Å². The van der Waals surface area contributed by atoms with Gasteiger partial charge < -0.3 is 20.3 Å². The molecule has 2 aromatic heterocycles. The van der Waals surface area contributed by atoms with E-state index in [1.54, 1.807) is 18.2 Å². The van der Waals surface area contributed by atoms with E-state index in [-0.39, 0.29) is 23.3 Å². The second-order valence-corrected chi connectivity index (χ2v) is 7.63. The average molecular weight is 406 g/mol. The third-order valence-corrected chi connectivity index (χ3v) is 5.80. The van der Waals surface area contributed by atoms with Crippen molar-refractivity contribution in [2.45, 2.75) is 19.4 Å². The van der Waals surface area contributed by atoms with Gasteiger partial charge >= 0.3 is 5.97 Å². The number of amides is 1. The normalized spacial score (nSPS) is 14.4. The molecule has 140 valence electrons. The summed E-state index contributed by atoms with van der Waals surface area (Å²) in [4.78, 5) is 36.9. The van der Waals surface area contributed by atoms with Crippen LogP contribution in [0.25, 0.3) is 10.2 Å². The Labute approximate surface area is 163 Å². The van der Waals surface area contributed by atoms with Gasteiger partial charge in [0.1, 0.15) is 0 Å². The van der Waals surface area contributed by atoms with E-state index in [1.807, 2.05) is 11.8 Å². The second-order valence-electron chi connectivity index (χ2n) is 6.27. The number of nitrogens with one attached hydrogen (secondary N) is 2. The predicted octanol–water partition coefficient (Wildman–Crippen LogP) is 2.55. The first kappa shape index (κ1) is 17.7. The zero-order chi connectivity index (χ0) is 19.1. The molecule has 0 aliphatic carbocycles. The number of aromatic nitrogens is 3. The molecule has 10 heteroatoms. The lowest BCUT2D eigenvalue weighted by atomic mass is 10.1. The van der Waals surface area contributed by atoms with E-state index >= 15 is 0 Å². The van der Waals surface area contributed by atoms with Crippen LogP contribution < -0.4 is 10.2 Å². The third-order valence-electron chi connectivity index (χ3n) is 4.41. The maximum Gasteiger partial charge on any atom is 0.335 e. The molecule has 4 rings (SSSR count). The summed E-state index contributed by atoms with van der Waals surface area (Å²) in [5, 5.41) is 13.1. The summed E-state index contributed by atoms with van der Waals surface area (Å²) in [5.41, 5.74) is 1.76. The summed E-state index contributed by atoms with van der Waals surface area (Å²) < 4.78 is 0.828. The van der Waals surface area contributed by atoms with Crippen LogP contribution in [0.1, 0.15) is 33.6 Å². The molecule has 1 fully saturated rings. The highest BCUT2D eigenvalue weighted by molar-refractivity contribution is 7.22. The molecule has 0 unspecified atom stereocenters. The lowest BCUT2D eigenvalue weighted by molar-refractivity contribution is 0.0696. The van der Waals surface area contributed by atoms with Gasteiger partial charge in [-0.2, -0.15) is 0 Å². The van der Waals surface area contributed by atoms with Crippen molar-refractivity contribution in [1.29, 1.82) is 0 Å². The Bertz CT molecular complexity index is 1040. The average Bonchev–Trinajstić information content (AvgIpc) is 3.19. The minimum Gasteiger partial charge on any atom is -0.478 e. The number of thiazole rings is 1. The van der Waals surface area contributed by atoms with Crippen LogP contribution in [-0.4, -0.2) is 51.1 Å². The number of imidazole rings is 1. The number of carboxylic acids is 1. The number of aromatic amines is 1. The summed E-state index contributed by atoms with van der Waals surface area (Å²) in [7, 11) is 0. The van der Waals surface area contributed by atoms with Crippen molar-refractivity contribution in [1.82, 2.24) is 20.3 Å². The molecule has 1 amide bonds. The molecule has 3 N–H and O–H groups in total. The van der Waals surface area contributed by atoms with Crippen LogP contribution in [0.15, 0.2) is 18.2 Å². The molecule has 0 spiro atoms. The number of benzene rings is 1. The first-order valence-corrected chi connectivity index (χ1v) is 9.58. The monoisotopic (exact) mass is 405 g/mol. The minimum absolute atomic E-state index is 0.00644. The third kappa shape index (κ3) is 3.35. The molecular weight excluding hydrogens is 390 g/mol. The number of nitrogens with zero attached hydrogens (tertiary/aromatic N) is 3. The van der Waals surface area contributed by atoms with Gasteiger partial charge in [-0.3, -0.25) is 4.79 Å². The Kier molecular flexibility index (Phi) is 4.48. The van der Waals surface area contributed by atoms with Crippen molar-refractivity contribution in [3.63, 3.8) is 0 Å². The number of carbonyl (C=O) groups excluding carboxylic acids is 1. The molecule has 0 saturated carbocycles. The number of fused-ring (bicyclic) bond motifs is 1. The standard InChI is InChI=1S/C17H16ClN5O3S/c1-2-10-13(18)22-14(20-10)15(24)19-9-6-23(7-9)17-21-11-4-3-8(16(25)26)5-12(11)27-17/h3-5,9H,2,6-7H2,1H3,(H,19,24)(H,20,22)(H,25,26). The number of hydrogen-bond donors (Lipinski definition) is 3. The van der Waals surface area contributed by atoms with Gasteiger partial charge in [0, 0.05) is 13.1 Å². The lowest BCUT2D eigenvalue weighted by Gasteiger charge is -2.39. The van der Waals surface area contributed by atoms with Crippen LogP contribution in [-0.2, 0) is 6.42 Å². The molecule has 1 aliphatic heterocycles. The molecule has 1 saturated heterocycles. The van der Waals surface area contributed by atoms with Gasteiger partial charge in [-0.05, 0) is 24.6 Å². The number of aryl methyl sites for hydroxylation is 1. The van der Waals surface area contributed by atoms with E-state index in [0.717, 1.165) is 21.0 Å². The zero-order valence-electron chi connectivity index (χ0n) is 14.3. The fraction of sp³-hybridized carbons (Fsp3) is 0.294. The Morgan fingerprint density at radius 3 is 2.85 bits per heavy atom. The van der Waals surface area contributed by atoms with Crippen LogP contribution in [0.3, 0.4) is 0 Å². The van der Waals surface area contributed by atoms with E-state index in [4.69, 9.17) is 16.7 Å². The molecule has 0 bridgehead atoms. The molecule has 1 aliphatic rings. The SMILES string of the molecule is CCc1[nH]c(C(=O)NC2CN(c3nc4ccc(C(=O)O)cc4s3)C2)nc1Cl. The lowest BCUT2D eigenvalue weighted by Crippen LogP contribution is -2.59. The first-order chi connectivity index (χ1) is 12.9. The number of aromatic carboxylic acids is 1. The molecule has 3 heterocycles. The van der Waals surface area contributed by atoms with Crippen LogP contribution in [0, 0.1) is 0 Å². The number of carbonyl (C=O) groups is 2. The van der Waals surface area contributed by atoms with Crippen molar-refractivity contribution in [2.24, 2.45) is 0 Å². The smallest absolute Gasteiger partial charge is 0.335 e. The summed E-state index contributed by atoms with van der Waals surface area (Å²) >= 11 is 7.41. The zero-order valence-corrected chi connectivity index (χ0v) is 15.9. The topological polar surface area (TPSA) is 111 Å². The van der Waals surface area contributed by atoms with Crippen molar-refractivity contribution in [3.8, 4) is 0 Å². The van der Waals surface area contributed by atoms with Gasteiger partial charge in [0.05, 0.1) is 27.5 Å². The maximum absolute atomic E-state index is 12.3. The Balaban J connectivity index is 1.39. The van der Waals surface area contributed by atoms with Gasteiger partial charge in [0.25, 0.3) is 5.91 Å². The van der Waals surface area contributed by atoms with Crippen molar-refractivity contribution in [2.75, 3.05) is 18.0 Å². The molecule has 1 aromatic carbocycles. The van der Waals surface area contributed by atoms with Crippen molar-refractivity contribution >= 4 is 50.2 Å². The highest BCUT2D eigenvalue weighted by atomic mass is 35.5. The predicted molar refractivity (Wildman–Crippen MR) is 103 cm³/mol. The van der Waals surface area contributed by atoms with E-state index in [0.29, 0.717) is 24.7 Å². The number of rotatable bonds is 5. The Morgan fingerprint density at radius 1 is 1.41 bits per heavy atom. The fourth-order valence-corrected chi connectivity index (χ4v) is 4.18. The number of halogens is 1. The van der Waals surface area contributed by atoms with E-state index in [1.165, 1.54) is 11.3 Å². The Hall–Kier alpha value is -2.65. The van der Waals surface area contributed by atoms with Crippen molar-refractivity contribution < 1.29 is 14.7 Å². The molecule has 8 nitrogen and oxygen atoms in total. The Morgan fingerprint density at radius 2 is 2.19 bits per heavy atom. The number of anilines is 1. The summed E-state index contributed by atoms with van der Waals surface area (Å²) in [6, 6.07) is 4.88. The van der Waals surface area contributed by atoms with E-state index in [9.17, 15) is 9.59 Å².